The third kappa shape index (κ3) is 7.05. The van der Waals surface area contributed by atoms with Crippen LogP contribution in [0.2, 0.25) is 0 Å². The van der Waals surface area contributed by atoms with Crippen LogP contribution in [0.1, 0.15) is 45.5 Å². The second kappa shape index (κ2) is 12.9. The van der Waals surface area contributed by atoms with E-state index in [1.807, 2.05) is 36.1 Å². The molecular formula is C27H35N3O5. The summed E-state index contributed by atoms with van der Waals surface area (Å²) in [6.45, 7) is 4.00. The van der Waals surface area contributed by atoms with E-state index in [1.54, 1.807) is 38.5 Å². The van der Waals surface area contributed by atoms with Gasteiger partial charge in [-0.25, -0.2) is 0 Å². The second-order valence-electron chi connectivity index (χ2n) is 8.76. The molecule has 1 saturated heterocycles. The highest BCUT2D eigenvalue weighted by Crippen LogP contribution is 2.24. The first kappa shape index (κ1) is 26.2. The van der Waals surface area contributed by atoms with E-state index in [0.717, 1.165) is 5.56 Å². The molecule has 8 nitrogen and oxygen atoms in total. The third-order valence-electron chi connectivity index (χ3n) is 6.42. The largest absolute Gasteiger partial charge is 0.497 e. The van der Waals surface area contributed by atoms with Crippen molar-refractivity contribution in [3.63, 3.8) is 0 Å². The summed E-state index contributed by atoms with van der Waals surface area (Å²) in [7, 11) is 3.18. The van der Waals surface area contributed by atoms with Gasteiger partial charge in [0.05, 0.1) is 7.11 Å². The number of likely N-dealkylation sites (tertiary alicyclic amines) is 1. The van der Waals surface area contributed by atoms with Crippen LogP contribution in [0, 0.1) is 12.8 Å². The fourth-order valence-corrected chi connectivity index (χ4v) is 4.32. The number of hydrogen-bond acceptors (Lipinski definition) is 5. The Balaban J connectivity index is 1.67. The van der Waals surface area contributed by atoms with Gasteiger partial charge in [-0.3, -0.25) is 14.4 Å². The topological polar surface area (TPSA) is 97.0 Å². The summed E-state index contributed by atoms with van der Waals surface area (Å²) in [4.78, 5) is 40.9. The van der Waals surface area contributed by atoms with Crippen LogP contribution < -0.4 is 15.4 Å². The van der Waals surface area contributed by atoms with Crippen LogP contribution in [-0.2, 0) is 9.53 Å². The molecule has 0 radical (unpaired) electrons. The normalized spacial score (nSPS) is 14.8. The minimum Gasteiger partial charge on any atom is -0.497 e. The Morgan fingerprint density at radius 1 is 1.03 bits per heavy atom. The number of rotatable bonds is 10. The molecule has 1 aliphatic heterocycles. The summed E-state index contributed by atoms with van der Waals surface area (Å²) in [6.07, 6.45) is 1.93. The number of hydrogen-bond donors (Lipinski definition) is 2. The van der Waals surface area contributed by atoms with Crippen LogP contribution in [0.4, 0.5) is 0 Å². The first-order valence-corrected chi connectivity index (χ1v) is 12.0. The minimum atomic E-state index is -0.692. The van der Waals surface area contributed by atoms with Gasteiger partial charge in [-0.2, -0.15) is 0 Å². The van der Waals surface area contributed by atoms with E-state index in [1.165, 1.54) is 0 Å². The summed E-state index contributed by atoms with van der Waals surface area (Å²) in [5, 5.41) is 5.86. The highest BCUT2D eigenvalue weighted by atomic mass is 16.5. The molecule has 3 rings (SSSR count). The van der Waals surface area contributed by atoms with Crippen molar-refractivity contribution in [2.45, 2.75) is 32.2 Å². The molecular weight excluding hydrogens is 446 g/mol. The van der Waals surface area contributed by atoms with Gasteiger partial charge in [-0.1, -0.05) is 18.2 Å². The van der Waals surface area contributed by atoms with Crippen molar-refractivity contribution in [2.24, 2.45) is 5.92 Å². The lowest BCUT2D eigenvalue weighted by Crippen LogP contribution is -2.54. The molecule has 35 heavy (non-hydrogen) atoms. The lowest BCUT2D eigenvalue weighted by Gasteiger charge is -2.36. The fraction of sp³-hybridized carbons (Fsp3) is 0.444. The van der Waals surface area contributed by atoms with Crippen LogP contribution >= 0.6 is 0 Å². The Hall–Kier alpha value is -3.39. The molecule has 0 bridgehead atoms. The molecule has 188 valence electrons. The number of nitrogens with zero attached hydrogens (tertiary/aromatic N) is 1. The van der Waals surface area contributed by atoms with Gasteiger partial charge in [0.25, 0.3) is 11.8 Å². The molecule has 8 heteroatoms. The number of carbonyl (C=O) groups excluding carboxylic acids is 3. The van der Waals surface area contributed by atoms with E-state index in [-0.39, 0.29) is 23.6 Å². The summed E-state index contributed by atoms with van der Waals surface area (Å²) < 4.78 is 10.2. The second-order valence-corrected chi connectivity index (χ2v) is 8.76. The highest BCUT2D eigenvalue weighted by molar-refractivity contribution is 5.98. The predicted molar refractivity (Wildman–Crippen MR) is 134 cm³/mol. The SMILES string of the molecule is COCCCNC(=O)C(NC(=O)c1ccc(OC)cc1)C1CCN(C(=O)c2ccccc2C)CC1. The fourth-order valence-electron chi connectivity index (χ4n) is 4.32. The zero-order valence-electron chi connectivity index (χ0n) is 20.7. The first-order valence-electron chi connectivity index (χ1n) is 12.0. The number of methoxy groups -OCH3 is 2. The number of benzene rings is 2. The van der Waals surface area contributed by atoms with Crippen molar-refractivity contribution in [3.8, 4) is 5.75 Å². The van der Waals surface area contributed by atoms with Crippen molar-refractivity contribution < 1.29 is 23.9 Å². The van der Waals surface area contributed by atoms with Gasteiger partial charge >= 0.3 is 0 Å². The summed E-state index contributed by atoms with van der Waals surface area (Å²) >= 11 is 0. The van der Waals surface area contributed by atoms with Gasteiger partial charge < -0.3 is 25.0 Å². The Morgan fingerprint density at radius 2 is 1.71 bits per heavy atom. The standard InChI is InChI=1S/C27H35N3O5/c1-19-7-4-5-8-23(19)27(33)30-16-13-20(14-17-30)24(26(32)28-15-6-18-34-2)29-25(31)21-9-11-22(35-3)12-10-21/h4-5,7-12,20,24H,6,13-18H2,1-3H3,(H,28,32)(H,29,31). The van der Waals surface area contributed by atoms with Gasteiger partial charge in [-0.05, 0) is 68.0 Å². The van der Waals surface area contributed by atoms with E-state index < -0.39 is 6.04 Å². The molecule has 0 aliphatic carbocycles. The summed E-state index contributed by atoms with van der Waals surface area (Å²) in [5.74, 6) is 0.0411. The molecule has 1 fully saturated rings. The number of carbonyl (C=O) groups is 3. The van der Waals surface area contributed by atoms with Crippen molar-refractivity contribution in [1.29, 1.82) is 0 Å². The third-order valence-corrected chi connectivity index (χ3v) is 6.42. The van der Waals surface area contributed by atoms with Crippen LogP contribution in [0.25, 0.3) is 0 Å². The minimum absolute atomic E-state index is 0.00406. The number of nitrogens with one attached hydrogen (secondary N) is 2. The summed E-state index contributed by atoms with van der Waals surface area (Å²) in [5.41, 5.74) is 2.10. The predicted octanol–water partition coefficient (Wildman–Crippen LogP) is 2.81. The molecule has 1 atom stereocenters. The van der Waals surface area contributed by atoms with Gasteiger partial charge in [0.15, 0.2) is 0 Å². The summed E-state index contributed by atoms with van der Waals surface area (Å²) in [6, 6.07) is 13.6. The van der Waals surface area contributed by atoms with Crippen molar-refractivity contribution in [1.82, 2.24) is 15.5 Å². The van der Waals surface area contributed by atoms with E-state index in [2.05, 4.69) is 10.6 Å². The molecule has 1 unspecified atom stereocenters. The maximum absolute atomic E-state index is 13.1. The highest BCUT2D eigenvalue weighted by Gasteiger charge is 2.34. The quantitative estimate of drug-likeness (QED) is 0.509. The molecule has 3 amide bonds. The zero-order valence-corrected chi connectivity index (χ0v) is 20.7. The van der Waals surface area contributed by atoms with Crippen LogP contribution in [-0.4, -0.2) is 69.1 Å². The van der Waals surface area contributed by atoms with Crippen molar-refractivity contribution in [3.05, 3.63) is 65.2 Å². The maximum atomic E-state index is 13.1. The average Bonchev–Trinajstić information content (AvgIpc) is 2.89. The number of amides is 3. The molecule has 1 aliphatic rings. The Bertz CT molecular complexity index is 1000. The first-order chi connectivity index (χ1) is 16.9. The van der Waals surface area contributed by atoms with E-state index >= 15 is 0 Å². The molecule has 0 aromatic heterocycles. The van der Waals surface area contributed by atoms with Gasteiger partial charge in [0, 0.05) is 44.5 Å². The van der Waals surface area contributed by atoms with E-state index in [9.17, 15) is 14.4 Å². The van der Waals surface area contributed by atoms with Crippen LogP contribution in [0.5, 0.6) is 5.75 Å². The Morgan fingerprint density at radius 3 is 2.34 bits per heavy atom. The van der Waals surface area contributed by atoms with Crippen molar-refractivity contribution in [2.75, 3.05) is 40.5 Å². The van der Waals surface area contributed by atoms with Gasteiger partial charge in [-0.15, -0.1) is 0 Å². The number of ether oxygens (including phenoxy) is 2. The number of piperidine rings is 1. The smallest absolute Gasteiger partial charge is 0.254 e. The average molecular weight is 482 g/mol. The lowest BCUT2D eigenvalue weighted by molar-refractivity contribution is -0.124. The zero-order chi connectivity index (χ0) is 25.2. The Kier molecular flexibility index (Phi) is 9.66. The molecule has 2 aromatic carbocycles. The van der Waals surface area contributed by atoms with E-state index in [0.29, 0.717) is 62.4 Å². The number of aryl methyl sites for hydroxylation is 1. The monoisotopic (exact) mass is 481 g/mol. The lowest BCUT2D eigenvalue weighted by atomic mass is 9.88. The van der Waals surface area contributed by atoms with Crippen LogP contribution in [0.3, 0.4) is 0 Å². The molecule has 0 spiro atoms. The van der Waals surface area contributed by atoms with Crippen molar-refractivity contribution >= 4 is 17.7 Å². The van der Waals surface area contributed by atoms with E-state index in [4.69, 9.17) is 9.47 Å². The molecule has 2 N–H and O–H groups in total. The Labute approximate surface area is 207 Å². The van der Waals surface area contributed by atoms with Crippen LogP contribution in [0.15, 0.2) is 48.5 Å². The molecule has 2 aromatic rings. The molecule has 1 heterocycles. The van der Waals surface area contributed by atoms with Gasteiger partial charge in [0.1, 0.15) is 11.8 Å². The van der Waals surface area contributed by atoms with Gasteiger partial charge in [0.2, 0.25) is 5.91 Å². The maximum Gasteiger partial charge on any atom is 0.254 e. The molecule has 0 saturated carbocycles.